The van der Waals surface area contributed by atoms with Gasteiger partial charge in [0, 0.05) is 24.2 Å². The molecule has 2 fully saturated rings. The van der Waals surface area contributed by atoms with Gasteiger partial charge in [-0.1, -0.05) is 18.2 Å². The highest BCUT2D eigenvalue weighted by Crippen LogP contribution is 2.42. The van der Waals surface area contributed by atoms with E-state index in [9.17, 15) is 0 Å². The number of nitrogens with one attached hydrogen (secondary N) is 2. The van der Waals surface area contributed by atoms with Gasteiger partial charge in [-0.25, -0.2) is 16.5 Å². The molecule has 0 bridgehead atoms. The SMILES string of the molecule is [C-]#[N+][C@H]1CCN([C@H]2COc3ccccc3[C@@H]2Nc2ncnc3[nH]c(C4CC4)cc23)C1. The molecule has 0 spiro atoms. The van der Waals surface area contributed by atoms with Crippen molar-refractivity contribution in [2.45, 2.75) is 43.3 Å². The van der Waals surface area contributed by atoms with Crippen LogP contribution in [-0.4, -0.2) is 51.6 Å². The second-order valence-corrected chi connectivity index (χ2v) is 8.59. The third-order valence-electron chi connectivity index (χ3n) is 6.65. The van der Waals surface area contributed by atoms with E-state index in [1.165, 1.54) is 18.5 Å². The standard InChI is InChI=1S/C23H24N6O/c1-24-15-8-9-29(11-15)19-12-30-20-5-3-2-4-16(20)21(19)28-23-17-10-18(14-6-7-14)27-22(17)25-13-26-23/h2-5,10,13-15,19,21H,6-9,11-12H2,(H2,25,26,27,28)/t15-,19-,21-/m0/s1. The van der Waals surface area contributed by atoms with Crippen LogP contribution in [0.1, 0.15) is 42.5 Å². The third-order valence-corrected chi connectivity index (χ3v) is 6.65. The Labute approximate surface area is 175 Å². The first-order chi connectivity index (χ1) is 14.8. The topological polar surface area (TPSA) is 70.4 Å². The number of ether oxygens (including phenoxy) is 1. The second kappa shape index (κ2) is 6.99. The van der Waals surface area contributed by atoms with E-state index in [4.69, 9.17) is 11.3 Å². The fraction of sp³-hybridized carbons (Fsp3) is 0.435. The number of rotatable bonds is 4. The van der Waals surface area contributed by atoms with Crippen LogP contribution in [0.3, 0.4) is 0 Å². The molecular weight excluding hydrogens is 376 g/mol. The van der Waals surface area contributed by atoms with Gasteiger partial charge in [0.15, 0.2) is 0 Å². The lowest BCUT2D eigenvalue weighted by molar-refractivity contribution is 0.124. The molecule has 0 amide bonds. The van der Waals surface area contributed by atoms with Gasteiger partial charge in [0.25, 0.3) is 0 Å². The number of anilines is 1. The molecule has 3 aromatic rings. The van der Waals surface area contributed by atoms with Gasteiger partial charge in [0.2, 0.25) is 6.04 Å². The van der Waals surface area contributed by atoms with Crippen LogP contribution < -0.4 is 10.1 Å². The molecular formula is C23H24N6O. The number of likely N-dealkylation sites (tertiary alicyclic amines) is 1. The highest BCUT2D eigenvalue weighted by Gasteiger charge is 2.40. The smallest absolute Gasteiger partial charge is 0.237 e. The molecule has 7 nitrogen and oxygen atoms in total. The minimum Gasteiger partial charge on any atom is -0.491 e. The van der Waals surface area contributed by atoms with Crippen molar-refractivity contribution in [2.75, 3.05) is 25.0 Å². The average Bonchev–Trinajstić information content (AvgIpc) is 3.35. The van der Waals surface area contributed by atoms with Crippen LogP contribution in [0.2, 0.25) is 0 Å². The highest BCUT2D eigenvalue weighted by molar-refractivity contribution is 5.88. The van der Waals surface area contributed by atoms with Crippen molar-refractivity contribution in [1.29, 1.82) is 0 Å². The monoisotopic (exact) mass is 400 g/mol. The third kappa shape index (κ3) is 2.99. The first kappa shape index (κ1) is 17.7. The molecule has 0 unspecified atom stereocenters. The Bertz CT molecular complexity index is 1130. The van der Waals surface area contributed by atoms with Crippen LogP contribution in [0.5, 0.6) is 5.75 Å². The Morgan fingerprint density at radius 3 is 2.93 bits per heavy atom. The molecule has 1 saturated carbocycles. The number of hydrogen-bond donors (Lipinski definition) is 2. The number of aromatic amines is 1. The number of nitrogens with zero attached hydrogens (tertiary/aromatic N) is 4. The van der Waals surface area contributed by atoms with Crippen LogP contribution in [0, 0.1) is 6.57 Å². The normalized spacial score (nSPS) is 26.2. The van der Waals surface area contributed by atoms with E-state index in [2.05, 4.69) is 48.2 Å². The Hall–Kier alpha value is -3.11. The first-order valence-electron chi connectivity index (χ1n) is 10.7. The molecule has 2 aromatic heterocycles. The zero-order valence-corrected chi connectivity index (χ0v) is 16.7. The van der Waals surface area contributed by atoms with Gasteiger partial charge in [0.05, 0.1) is 24.0 Å². The van der Waals surface area contributed by atoms with Crippen molar-refractivity contribution in [2.24, 2.45) is 0 Å². The number of aromatic nitrogens is 3. The maximum atomic E-state index is 7.41. The summed E-state index contributed by atoms with van der Waals surface area (Å²) >= 11 is 0. The van der Waals surface area contributed by atoms with Crippen LogP contribution >= 0.6 is 0 Å². The van der Waals surface area contributed by atoms with Crippen molar-refractivity contribution in [3.8, 4) is 5.75 Å². The lowest BCUT2D eigenvalue weighted by Crippen LogP contribution is -2.47. The molecule has 1 saturated heterocycles. The molecule has 3 atom stereocenters. The van der Waals surface area contributed by atoms with E-state index in [1.54, 1.807) is 6.33 Å². The summed E-state index contributed by atoms with van der Waals surface area (Å²) in [6.45, 7) is 9.75. The summed E-state index contributed by atoms with van der Waals surface area (Å²) in [5.41, 5.74) is 3.29. The van der Waals surface area contributed by atoms with Gasteiger partial charge >= 0.3 is 0 Å². The summed E-state index contributed by atoms with van der Waals surface area (Å²) in [4.78, 5) is 18.7. The zero-order valence-electron chi connectivity index (χ0n) is 16.7. The van der Waals surface area contributed by atoms with Crippen molar-refractivity contribution in [1.82, 2.24) is 19.9 Å². The van der Waals surface area contributed by atoms with E-state index in [1.807, 2.05) is 12.1 Å². The maximum Gasteiger partial charge on any atom is 0.237 e. The molecule has 1 aromatic carbocycles. The van der Waals surface area contributed by atoms with E-state index in [0.29, 0.717) is 12.5 Å². The maximum absolute atomic E-state index is 7.41. The van der Waals surface area contributed by atoms with Gasteiger partial charge in [-0.05, 0) is 30.9 Å². The number of para-hydroxylation sites is 1. The molecule has 0 radical (unpaired) electrons. The van der Waals surface area contributed by atoms with Gasteiger partial charge in [-0.3, -0.25) is 4.90 Å². The molecule has 2 N–H and O–H groups in total. The van der Waals surface area contributed by atoms with Crippen LogP contribution in [0.15, 0.2) is 36.7 Å². The Kier molecular flexibility index (Phi) is 4.13. The fourth-order valence-corrected chi connectivity index (χ4v) is 4.85. The van der Waals surface area contributed by atoms with E-state index in [0.717, 1.165) is 47.7 Å². The summed E-state index contributed by atoms with van der Waals surface area (Å²) in [5.74, 6) is 2.42. The van der Waals surface area contributed by atoms with Crippen LogP contribution in [0.4, 0.5) is 5.82 Å². The summed E-state index contributed by atoms with van der Waals surface area (Å²) < 4.78 is 6.12. The highest BCUT2D eigenvalue weighted by atomic mass is 16.5. The van der Waals surface area contributed by atoms with Gasteiger partial charge in [-0.2, -0.15) is 0 Å². The zero-order chi connectivity index (χ0) is 20.1. The lowest BCUT2D eigenvalue weighted by Gasteiger charge is -2.39. The minimum absolute atomic E-state index is 0.0387. The van der Waals surface area contributed by atoms with E-state index in [-0.39, 0.29) is 18.1 Å². The molecule has 3 aliphatic rings. The average molecular weight is 400 g/mol. The number of benzene rings is 1. The van der Waals surface area contributed by atoms with Gasteiger partial charge < -0.3 is 19.9 Å². The van der Waals surface area contributed by atoms with Crippen molar-refractivity contribution in [3.05, 3.63) is 59.3 Å². The number of H-pyrrole nitrogens is 1. The lowest BCUT2D eigenvalue weighted by atomic mass is 9.95. The second-order valence-electron chi connectivity index (χ2n) is 8.59. The van der Waals surface area contributed by atoms with Crippen molar-refractivity contribution < 1.29 is 4.74 Å². The van der Waals surface area contributed by atoms with E-state index < -0.39 is 0 Å². The predicted octanol–water partition coefficient (Wildman–Crippen LogP) is 3.74. The Morgan fingerprint density at radius 2 is 2.10 bits per heavy atom. The quantitative estimate of drug-likeness (QED) is 0.653. The van der Waals surface area contributed by atoms with E-state index >= 15 is 0 Å². The van der Waals surface area contributed by atoms with Crippen molar-refractivity contribution >= 4 is 16.9 Å². The summed E-state index contributed by atoms with van der Waals surface area (Å²) in [7, 11) is 0. The summed E-state index contributed by atoms with van der Waals surface area (Å²) in [5, 5.41) is 4.79. The van der Waals surface area contributed by atoms with Crippen LogP contribution in [0.25, 0.3) is 15.9 Å². The molecule has 4 heterocycles. The summed E-state index contributed by atoms with van der Waals surface area (Å²) in [6.07, 6.45) is 5.04. The molecule has 30 heavy (non-hydrogen) atoms. The largest absolute Gasteiger partial charge is 0.491 e. The van der Waals surface area contributed by atoms with Gasteiger partial charge in [0.1, 0.15) is 30.1 Å². The Morgan fingerprint density at radius 1 is 1.20 bits per heavy atom. The molecule has 1 aliphatic carbocycles. The minimum atomic E-state index is 0.0387. The fourth-order valence-electron chi connectivity index (χ4n) is 4.85. The molecule has 2 aliphatic heterocycles. The number of fused-ring (bicyclic) bond motifs is 2. The van der Waals surface area contributed by atoms with Gasteiger partial charge in [-0.15, -0.1) is 0 Å². The first-order valence-corrected chi connectivity index (χ1v) is 10.7. The molecule has 152 valence electrons. The van der Waals surface area contributed by atoms with Crippen molar-refractivity contribution in [3.63, 3.8) is 0 Å². The predicted molar refractivity (Wildman–Crippen MR) is 115 cm³/mol. The van der Waals surface area contributed by atoms with Crippen LogP contribution in [-0.2, 0) is 0 Å². The molecule has 6 rings (SSSR count). The molecule has 7 heteroatoms. The number of hydrogen-bond acceptors (Lipinski definition) is 5. The Balaban J connectivity index is 1.37. The summed E-state index contributed by atoms with van der Waals surface area (Å²) in [6, 6.07) is 10.7.